The Hall–Kier alpha value is -2.88. The molecule has 0 heterocycles. The Kier molecular flexibility index (Phi) is 5.31. The van der Waals surface area contributed by atoms with Gasteiger partial charge in [0.15, 0.2) is 0 Å². The first-order valence-electron chi connectivity index (χ1n) is 7.38. The summed E-state index contributed by atoms with van der Waals surface area (Å²) in [5.74, 6) is -1.22. The summed E-state index contributed by atoms with van der Waals surface area (Å²) in [4.78, 5) is 23.4. The van der Waals surface area contributed by atoms with Gasteiger partial charge >= 0.3 is 5.97 Å². The molecule has 0 fully saturated rings. The van der Waals surface area contributed by atoms with Crippen LogP contribution in [0.3, 0.4) is 0 Å². The lowest BCUT2D eigenvalue weighted by atomic mass is 10.0. The summed E-state index contributed by atoms with van der Waals surface area (Å²) in [6, 6.07) is 16.1. The number of benzene rings is 2. The maximum atomic E-state index is 12.1. The van der Waals surface area contributed by atoms with Gasteiger partial charge in [-0.3, -0.25) is 4.79 Å². The SMILES string of the molecule is CC(C)c1ccc(C=C(NC(=O)c2ccccc2)C(=O)O)cc1. The van der Waals surface area contributed by atoms with Crippen LogP contribution in [0.1, 0.15) is 41.3 Å². The molecular weight excluding hydrogens is 290 g/mol. The minimum Gasteiger partial charge on any atom is -0.477 e. The van der Waals surface area contributed by atoms with Gasteiger partial charge in [0.2, 0.25) is 0 Å². The van der Waals surface area contributed by atoms with Crippen LogP contribution in [-0.4, -0.2) is 17.0 Å². The third-order valence-electron chi connectivity index (χ3n) is 3.43. The smallest absolute Gasteiger partial charge is 0.352 e. The number of carboxylic acids is 1. The van der Waals surface area contributed by atoms with Gasteiger partial charge in [0.25, 0.3) is 5.91 Å². The van der Waals surface area contributed by atoms with Crippen molar-refractivity contribution in [3.05, 3.63) is 77.0 Å². The number of aliphatic carboxylic acids is 1. The van der Waals surface area contributed by atoms with Crippen molar-refractivity contribution in [2.45, 2.75) is 19.8 Å². The number of carbonyl (C=O) groups is 2. The average molecular weight is 309 g/mol. The van der Waals surface area contributed by atoms with Gasteiger partial charge in [0.1, 0.15) is 5.70 Å². The highest BCUT2D eigenvalue weighted by atomic mass is 16.4. The normalized spacial score (nSPS) is 11.3. The van der Waals surface area contributed by atoms with Gasteiger partial charge < -0.3 is 10.4 Å². The molecule has 0 saturated carbocycles. The average Bonchev–Trinajstić information content (AvgIpc) is 2.55. The first-order chi connectivity index (χ1) is 11.0. The predicted molar refractivity (Wildman–Crippen MR) is 90.1 cm³/mol. The standard InChI is InChI=1S/C19H19NO3/c1-13(2)15-10-8-14(9-11-15)12-17(19(22)23)20-18(21)16-6-4-3-5-7-16/h3-13H,1-2H3,(H,20,21)(H,22,23). The number of hydrogen-bond donors (Lipinski definition) is 2. The zero-order valence-electron chi connectivity index (χ0n) is 13.1. The Morgan fingerprint density at radius 2 is 1.61 bits per heavy atom. The molecule has 0 radical (unpaired) electrons. The highest BCUT2D eigenvalue weighted by molar-refractivity contribution is 6.02. The van der Waals surface area contributed by atoms with Gasteiger partial charge in [-0.25, -0.2) is 4.79 Å². The van der Waals surface area contributed by atoms with E-state index < -0.39 is 11.9 Å². The molecule has 118 valence electrons. The summed E-state index contributed by atoms with van der Waals surface area (Å²) >= 11 is 0. The van der Waals surface area contributed by atoms with Crippen LogP contribution in [0.5, 0.6) is 0 Å². The van der Waals surface area contributed by atoms with Gasteiger partial charge in [-0.05, 0) is 35.3 Å². The van der Waals surface area contributed by atoms with Crippen molar-refractivity contribution in [3.63, 3.8) is 0 Å². The topological polar surface area (TPSA) is 66.4 Å². The maximum absolute atomic E-state index is 12.1. The molecule has 0 aliphatic heterocycles. The van der Waals surface area contributed by atoms with Crippen LogP contribution < -0.4 is 5.32 Å². The molecule has 0 aliphatic rings. The van der Waals surface area contributed by atoms with Gasteiger partial charge in [0.05, 0.1) is 0 Å². The van der Waals surface area contributed by atoms with Crippen molar-refractivity contribution >= 4 is 18.0 Å². The first-order valence-corrected chi connectivity index (χ1v) is 7.38. The van der Waals surface area contributed by atoms with Gasteiger partial charge in [0, 0.05) is 5.56 Å². The van der Waals surface area contributed by atoms with Crippen LogP contribution in [0.15, 0.2) is 60.3 Å². The Morgan fingerprint density at radius 1 is 1.00 bits per heavy atom. The van der Waals surface area contributed by atoms with E-state index >= 15 is 0 Å². The Labute approximate surface area is 135 Å². The van der Waals surface area contributed by atoms with Crippen molar-refractivity contribution in [2.75, 3.05) is 0 Å². The lowest BCUT2D eigenvalue weighted by Gasteiger charge is -2.08. The van der Waals surface area contributed by atoms with E-state index in [0.29, 0.717) is 11.5 Å². The zero-order chi connectivity index (χ0) is 16.8. The Bertz CT molecular complexity index is 716. The molecule has 0 aliphatic carbocycles. The van der Waals surface area contributed by atoms with Gasteiger partial charge in [-0.15, -0.1) is 0 Å². The van der Waals surface area contributed by atoms with E-state index in [1.54, 1.807) is 30.3 Å². The fraction of sp³-hybridized carbons (Fsp3) is 0.158. The number of carboxylic acid groups (broad SMARTS) is 1. The van der Waals surface area contributed by atoms with Crippen LogP contribution >= 0.6 is 0 Å². The van der Waals surface area contributed by atoms with Crippen molar-refractivity contribution in [3.8, 4) is 0 Å². The molecule has 1 amide bonds. The molecule has 0 bridgehead atoms. The summed E-state index contributed by atoms with van der Waals surface area (Å²) in [6.45, 7) is 4.18. The fourth-order valence-corrected chi connectivity index (χ4v) is 2.08. The molecule has 0 spiro atoms. The summed E-state index contributed by atoms with van der Waals surface area (Å²) in [6.07, 6.45) is 1.45. The highest BCUT2D eigenvalue weighted by Gasteiger charge is 2.13. The van der Waals surface area contributed by atoms with Crippen molar-refractivity contribution in [1.29, 1.82) is 0 Å². The quantitative estimate of drug-likeness (QED) is 0.828. The van der Waals surface area contributed by atoms with Crippen LogP contribution in [0.2, 0.25) is 0 Å². The molecule has 23 heavy (non-hydrogen) atoms. The van der Waals surface area contributed by atoms with Crippen molar-refractivity contribution in [1.82, 2.24) is 5.32 Å². The number of rotatable bonds is 5. The number of hydrogen-bond acceptors (Lipinski definition) is 2. The molecule has 2 aromatic carbocycles. The summed E-state index contributed by atoms with van der Waals surface area (Å²) in [5, 5.41) is 11.7. The number of amides is 1. The van der Waals surface area contributed by atoms with Crippen molar-refractivity contribution < 1.29 is 14.7 Å². The lowest BCUT2D eigenvalue weighted by Crippen LogP contribution is -2.27. The maximum Gasteiger partial charge on any atom is 0.352 e. The van der Waals surface area contributed by atoms with E-state index in [9.17, 15) is 14.7 Å². The van der Waals surface area contributed by atoms with E-state index in [0.717, 1.165) is 5.56 Å². The molecule has 0 saturated heterocycles. The summed E-state index contributed by atoms with van der Waals surface area (Å²) in [5.41, 5.74) is 2.15. The van der Waals surface area contributed by atoms with E-state index in [1.807, 2.05) is 24.3 Å². The summed E-state index contributed by atoms with van der Waals surface area (Å²) < 4.78 is 0. The molecule has 0 atom stereocenters. The molecule has 2 aromatic rings. The zero-order valence-corrected chi connectivity index (χ0v) is 13.1. The molecular formula is C19H19NO3. The van der Waals surface area contributed by atoms with E-state index in [1.165, 1.54) is 11.6 Å². The summed E-state index contributed by atoms with van der Waals surface area (Å²) in [7, 11) is 0. The second-order valence-electron chi connectivity index (χ2n) is 5.50. The molecule has 2 N–H and O–H groups in total. The van der Waals surface area contributed by atoms with Gasteiger partial charge in [-0.1, -0.05) is 56.3 Å². The first kappa shape index (κ1) is 16.5. The van der Waals surface area contributed by atoms with E-state index in [-0.39, 0.29) is 5.70 Å². The van der Waals surface area contributed by atoms with Crippen molar-refractivity contribution in [2.24, 2.45) is 0 Å². The third-order valence-corrected chi connectivity index (χ3v) is 3.43. The minimum absolute atomic E-state index is 0.156. The van der Waals surface area contributed by atoms with E-state index in [4.69, 9.17) is 0 Å². The Balaban J connectivity index is 2.21. The minimum atomic E-state index is -1.18. The second-order valence-corrected chi connectivity index (χ2v) is 5.50. The molecule has 4 nitrogen and oxygen atoms in total. The molecule has 0 aromatic heterocycles. The largest absolute Gasteiger partial charge is 0.477 e. The molecule has 0 unspecified atom stereocenters. The van der Waals surface area contributed by atoms with Crippen LogP contribution in [0.25, 0.3) is 6.08 Å². The predicted octanol–water partition coefficient (Wildman–Crippen LogP) is 3.67. The molecule has 4 heteroatoms. The second kappa shape index (κ2) is 7.40. The highest BCUT2D eigenvalue weighted by Crippen LogP contribution is 2.16. The molecule has 2 rings (SSSR count). The fourth-order valence-electron chi connectivity index (χ4n) is 2.08. The van der Waals surface area contributed by atoms with Crippen LogP contribution in [0.4, 0.5) is 0 Å². The van der Waals surface area contributed by atoms with E-state index in [2.05, 4.69) is 19.2 Å². The third kappa shape index (κ3) is 4.54. The Morgan fingerprint density at radius 3 is 2.13 bits per heavy atom. The number of nitrogens with one attached hydrogen (secondary N) is 1. The van der Waals surface area contributed by atoms with Crippen LogP contribution in [0, 0.1) is 0 Å². The number of carbonyl (C=O) groups excluding carboxylic acids is 1. The van der Waals surface area contributed by atoms with Gasteiger partial charge in [-0.2, -0.15) is 0 Å². The monoisotopic (exact) mass is 309 g/mol. The lowest BCUT2D eigenvalue weighted by molar-refractivity contribution is -0.132. The van der Waals surface area contributed by atoms with Crippen LogP contribution in [-0.2, 0) is 4.79 Å².